The van der Waals surface area contributed by atoms with Gasteiger partial charge in [0.2, 0.25) is 5.43 Å². The predicted octanol–water partition coefficient (Wildman–Crippen LogP) is 4.91. The molecule has 0 spiro atoms. The molecule has 5 rings (SSSR count). The summed E-state index contributed by atoms with van der Waals surface area (Å²) in [4.78, 5) is 29.1. The van der Waals surface area contributed by atoms with Gasteiger partial charge in [0.1, 0.15) is 47.6 Å². The van der Waals surface area contributed by atoms with Crippen LogP contribution in [0, 0.1) is 11.6 Å². The number of hydrogen-bond acceptors (Lipinski definition) is 5. The zero-order valence-corrected chi connectivity index (χ0v) is 30.6. The average molecular weight is 720 g/mol. The molecule has 1 aromatic heterocycles. The van der Waals surface area contributed by atoms with Crippen molar-refractivity contribution in [1.29, 1.82) is 0 Å². The van der Waals surface area contributed by atoms with Crippen LogP contribution in [0.4, 0.5) is 14.5 Å². The lowest BCUT2D eigenvalue weighted by molar-refractivity contribution is -0.936. The minimum absolute atomic E-state index is 0. The van der Waals surface area contributed by atoms with E-state index in [1.54, 1.807) is 48.9 Å². The third kappa shape index (κ3) is 8.35. The number of nitrogens with zero attached hydrogens (tertiary/aromatic N) is 3. The minimum atomic E-state index is -0.833. The highest BCUT2D eigenvalue weighted by Gasteiger charge is 2.25. The van der Waals surface area contributed by atoms with Gasteiger partial charge in [0.05, 0.1) is 45.1 Å². The number of hydrogen-bond donors (Lipinski definition) is 0. The number of anilines is 1. The molecule has 11 heteroatoms. The standard InChI is InChI=1S/C40H44F2N3O5.ClH/c1-7-43(31-18-29(41)17-30(42)19-31)40(47)37-24-44(38-23-33(48-5)15-16-36(38)39(37)46)32-20-34(49-6)22-35(21-32)50-26-28-14-12-11-13-27(28)25-45(8-2,9-3)10-4;/h11-24H,7-10,25-26H2,1-6H3;1H/q+1;/p-1. The second-order valence-electron chi connectivity index (χ2n) is 12.2. The smallest absolute Gasteiger partial charge is 0.263 e. The lowest BCUT2D eigenvalue weighted by atomic mass is 10.1. The Balaban J connectivity index is 0.00000583. The third-order valence-corrected chi connectivity index (χ3v) is 9.57. The molecule has 0 aliphatic carbocycles. The molecule has 0 fully saturated rings. The highest BCUT2D eigenvalue weighted by Crippen LogP contribution is 2.31. The maximum absolute atomic E-state index is 14.2. The quantitative estimate of drug-likeness (QED) is 0.153. The number of carbonyl (C=O) groups is 1. The van der Waals surface area contributed by atoms with E-state index in [9.17, 15) is 18.4 Å². The van der Waals surface area contributed by atoms with Gasteiger partial charge in [0, 0.05) is 59.7 Å². The Hall–Kier alpha value is -4.93. The summed E-state index contributed by atoms with van der Waals surface area (Å²) in [5, 5.41) is 0.252. The molecule has 8 nitrogen and oxygen atoms in total. The molecule has 51 heavy (non-hydrogen) atoms. The van der Waals surface area contributed by atoms with Gasteiger partial charge in [-0.1, -0.05) is 24.3 Å². The molecule has 0 bridgehead atoms. The molecule has 0 saturated carbocycles. The van der Waals surface area contributed by atoms with E-state index < -0.39 is 23.0 Å². The van der Waals surface area contributed by atoms with Crippen molar-refractivity contribution in [2.75, 3.05) is 45.3 Å². The van der Waals surface area contributed by atoms with Gasteiger partial charge in [-0.2, -0.15) is 0 Å². The molecule has 0 aliphatic heterocycles. The van der Waals surface area contributed by atoms with Crippen LogP contribution in [0.25, 0.3) is 16.6 Å². The van der Waals surface area contributed by atoms with Crippen molar-refractivity contribution in [1.82, 2.24) is 4.57 Å². The summed E-state index contributed by atoms with van der Waals surface area (Å²) >= 11 is 0. The van der Waals surface area contributed by atoms with E-state index >= 15 is 0 Å². The summed E-state index contributed by atoms with van der Waals surface area (Å²) in [6, 6.07) is 21.5. The van der Waals surface area contributed by atoms with Crippen molar-refractivity contribution in [3.05, 3.63) is 124 Å². The molecular weight excluding hydrogens is 676 g/mol. The van der Waals surface area contributed by atoms with Crippen molar-refractivity contribution in [3.8, 4) is 22.9 Å². The summed E-state index contributed by atoms with van der Waals surface area (Å²) in [7, 11) is 3.08. The van der Waals surface area contributed by atoms with E-state index in [1.165, 1.54) is 23.8 Å². The van der Waals surface area contributed by atoms with Gasteiger partial charge < -0.3 is 40.6 Å². The molecule has 0 N–H and O–H groups in total. The van der Waals surface area contributed by atoms with Crippen LogP contribution in [0.3, 0.4) is 0 Å². The van der Waals surface area contributed by atoms with Crippen LogP contribution >= 0.6 is 0 Å². The average Bonchev–Trinajstić information content (AvgIpc) is 3.13. The van der Waals surface area contributed by atoms with Gasteiger partial charge in [-0.25, -0.2) is 8.78 Å². The first kappa shape index (κ1) is 38.9. The van der Waals surface area contributed by atoms with E-state index in [-0.39, 0.29) is 35.6 Å². The number of carbonyl (C=O) groups excluding carboxylic acids is 1. The first-order valence-corrected chi connectivity index (χ1v) is 16.8. The van der Waals surface area contributed by atoms with Gasteiger partial charge in [0.25, 0.3) is 5.91 Å². The number of fused-ring (bicyclic) bond motifs is 1. The summed E-state index contributed by atoms with van der Waals surface area (Å²) in [6.07, 6.45) is 1.44. The van der Waals surface area contributed by atoms with Gasteiger partial charge >= 0.3 is 0 Å². The SMILES string of the molecule is CCN(C(=O)c1cn(-c2cc(OC)cc(OCc3ccccc3C[N+](CC)(CC)CC)c2)c2cc(OC)ccc2c1=O)c1cc(F)cc(F)c1.[Cl-]. The molecular formula is C40H44ClF2N3O5. The molecule has 0 unspecified atom stereocenters. The monoisotopic (exact) mass is 719 g/mol. The number of halogens is 3. The Morgan fingerprint density at radius 1 is 0.784 bits per heavy atom. The second-order valence-corrected chi connectivity index (χ2v) is 12.2. The normalized spacial score (nSPS) is 11.2. The number of ether oxygens (including phenoxy) is 3. The summed E-state index contributed by atoms with van der Waals surface area (Å²) in [5.74, 6) is -0.847. The van der Waals surface area contributed by atoms with E-state index in [0.717, 1.165) is 54.4 Å². The van der Waals surface area contributed by atoms with Crippen LogP contribution in [0.2, 0.25) is 0 Å². The molecule has 1 amide bonds. The number of aromatic nitrogens is 1. The van der Waals surface area contributed by atoms with Gasteiger partial charge in [-0.15, -0.1) is 0 Å². The van der Waals surface area contributed by atoms with Crippen LogP contribution in [0.5, 0.6) is 17.2 Å². The number of quaternary nitrogens is 1. The molecule has 0 saturated heterocycles. The van der Waals surface area contributed by atoms with E-state index in [1.807, 2.05) is 12.1 Å². The van der Waals surface area contributed by atoms with Crippen LogP contribution < -0.4 is 36.9 Å². The fraction of sp³-hybridized carbons (Fsp3) is 0.300. The van der Waals surface area contributed by atoms with Crippen molar-refractivity contribution < 1.29 is 44.7 Å². The van der Waals surface area contributed by atoms with Crippen LogP contribution in [-0.4, -0.2) is 55.4 Å². The van der Waals surface area contributed by atoms with Crippen LogP contribution in [0.15, 0.2) is 89.9 Å². The molecule has 1 heterocycles. The molecule has 0 aliphatic rings. The fourth-order valence-corrected chi connectivity index (χ4v) is 6.36. The maximum atomic E-state index is 14.2. The summed E-state index contributed by atoms with van der Waals surface area (Å²) < 4.78 is 48.6. The molecule has 5 aromatic rings. The zero-order valence-electron chi connectivity index (χ0n) is 29.8. The van der Waals surface area contributed by atoms with E-state index in [0.29, 0.717) is 35.1 Å². The number of pyridine rings is 1. The van der Waals surface area contributed by atoms with Gasteiger partial charge in [-0.3, -0.25) is 9.59 Å². The first-order chi connectivity index (χ1) is 24.1. The second kappa shape index (κ2) is 16.9. The Kier molecular flexibility index (Phi) is 12.8. The highest BCUT2D eigenvalue weighted by atomic mass is 35.5. The summed E-state index contributed by atoms with van der Waals surface area (Å²) in [5.41, 5.74) is 2.62. The molecule has 270 valence electrons. The van der Waals surface area contributed by atoms with Crippen LogP contribution in [-0.2, 0) is 13.2 Å². The Bertz CT molecular complexity index is 2040. The van der Waals surface area contributed by atoms with Crippen molar-refractivity contribution in [2.24, 2.45) is 0 Å². The number of benzene rings is 4. The van der Waals surface area contributed by atoms with Gasteiger partial charge in [-0.05, 0) is 57.5 Å². The minimum Gasteiger partial charge on any atom is -1.00 e. The number of methoxy groups -OCH3 is 2. The largest absolute Gasteiger partial charge is 1.00 e. The third-order valence-electron chi connectivity index (χ3n) is 9.57. The number of rotatable bonds is 14. The zero-order chi connectivity index (χ0) is 36.0. The lowest BCUT2D eigenvalue weighted by Crippen LogP contribution is -3.00. The fourth-order valence-electron chi connectivity index (χ4n) is 6.36. The first-order valence-electron chi connectivity index (χ1n) is 16.8. The van der Waals surface area contributed by atoms with E-state index in [2.05, 4.69) is 39.0 Å². The Morgan fingerprint density at radius 3 is 2.02 bits per heavy atom. The van der Waals surface area contributed by atoms with Crippen molar-refractivity contribution in [2.45, 2.75) is 40.8 Å². The van der Waals surface area contributed by atoms with E-state index in [4.69, 9.17) is 14.2 Å². The topological polar surface area (TPSA) is 70.0 Å². The van der Waals surface area contributed by atoms with Crippen molar-refractivity contribution in [3.63, 3.8) is 0 Å². The predicted molar refractivity (Wildman–Crippen MR) is 193 cm³/mol. The maximum Gasteiger partial charge on any atom is 0.263 e. The molecule has 0 radical (unpaired) electrons. The molecule has 0 atom stereocenters. The Morgan fingerprint density at radius 2 is 1.41 bits per heavy atom. The van der Waals surface area contributed by atoms with Crippen LogP contribution in [0.1, 0.15) is 49.2 Å². The van der Waals surface area contributed by atoms with Crippen molar-refractivity contribution >= 4 is 22.5 Å². The number of amides is 1. The molecule has 4 aromatic carbocycles. The Labute approximate surface area is 303 Å². The highest BCUT2D eigenvalue weighted by molar-refractivity contribution is 6.07. The summed E-state index contributed by atoms with van der Waals surface area (Å²) in [6.45, 7) is 12.7. The lowest BCUT2D eigenvalue weighted by Gasteiger charge is -2.36. The van der Waals surface area contributed by atoms with Gasteiger partial charge in [0.15, 0.2) is 0 Å².